The molecule has 2 rings (SSSR count). The van der Waals surface area contributed by atoms with Crippen molar-refractivity contribution >= 4 is 50.5 Å². The molecule has 2 amide bonds. The van der Waals surface area contributed by atoms with Crippen molar-refractivity contribution < 1.29 is 31.2 Å². The van der Waals surface area contributed by atoms with Gasteiger partial charge in [-0.2, -0.15) is 17.5 Å². The fourth-order valence-electron chi connectivity index (χ4n) is 2.10. The number of carbonyl (C=O) groups is 2. The number of benzene rings is 1. The van der Waals surface area contributed by atoms with Gasteiger partial charge in [-0.15, -0.1) is 11.3 Å². The van der Waals surface area contributed by atoms with E-state index in [1.165, 1.54) is 43.4 Å². The van der Waals surface area contributed by atoms with Crippen LogP contribution in [0, 0.1) is 0 Å². The van der Waals surface area contributed by atoms with Gasteiger partial charge in [0, 0.05) is 18.3 Å². The van der Waals surface area contributed by atoms with Crippen molar-refractivity contribution in [3.05, 3.63) is 46.3 Å². The van der Waals surface area contributed by atoms with Crippen LogP contribution >= 0.6 is 22.9 Å². The number of hydrogen-bond acceptors (Lipinski definition) is 5. The van der Waals surface area contributed by atoms with E-state index in [1.54, 1.807) is 5.32 Å². The van der Waals surface area contributed by atoms with Gasteiger partial charge in [0.05, 0.1) is 10.9 Å². The first-order valence-corrected chi connectivity index (χ1v) is 10.5. The zero-order valence-corrected chi connectivity index (χ0v) is 17.2. The van der Waals surface area contributed by atoms with Gasteiger partial charge in [0.2, 0.25) is 5.91 Å². The van der Waals surface area contributed by atoms with Crippen molar-refractivity contribution in [3.63, 3.8) is 0 Å². The number of halogens is 4. The van der Waals surface area contributed by atoms with E-state index in [1.807, 2.05) is 0 Å². The van der Waals surface area contributed by atoms with Crippen molar-refractivity contribution in [1.29, 1.82) is 0 Å². The van der Waals surface area contributed by atoms with Gasteiger partial charge in [0.25, 0.3) is 15.9 Å². The molecule has 29 heavy (non-hydrogen) atoms. The van der Waals surface area contributed by atoms with E-state index in [-0.39, 0.29) is 19.8 Å². The summed E-state index contributed by atoms with van der Waals surface area (Å²) in [4.78, 5) is 23.9. The summed E-state index contributed by atoms with van der Waals surface area (Å²) in [6.45, 7) is -2.01. The largest absolute Gasteiger partial charge is 0.405 e. The minimum Gasteiger partial charge on any atom is -0.343 e. The lowest BCUT2D eigenvalue weighted by atomic mass is 10.2. The van der Waals surface area contributed by atoms with Crippen molar-refractivity contribution in [3.8, 4) is 0 Å². The van der Waals surface area contributed by atoms with Gasteiger partial charge in [0.15, 0.2) is 0 Å². The molecule has 0 aliphatic heterocycles. The zero-order valence-electron chi connectivity index (χ0n) is 14.8. The number of rotatable bonds is 7. The lowest BCUT2D eigenvalue weighted by Crippen LogP contribution is -2.35. The fourth-order valence-corrected chi connectivity index (χ4v) is 4.92. The van der Waals surface area contributed by atoms with Crippen LogP contribution in [0.5, 0.6) is 0 Å². The summed E-state index contributed by atoms with van der Waals surface area (Å²) in [5.41, 5.74) is 0.0286. The maximum absolute atomic E-state index is 12.4. The molecule has 1 heterocycles. The Morgan fingerprint density at radius 1 is 1.21 bits per heavy atom. The van der Waals surface area contributed by atoms with Crippen molar-refractivity contribution in [2.45, 2.75) is 10.4 Å². The average Bonchev–Trinajstić information content (AvgIpc) is 3.06. The first-order chi connectivity index (χ1) is 13.4. The molecule has 0 fully saturated rings. The van der Waals surface area contributed by atoms with Gasteiger partial charge in [-0.05, 0) is 30.3 Å². The molecule has 0 radical (unpaired) electrons. The Morgan fingerprint density at radius 3 is 2.48 bits per heavy atom. The minimum absolute atomic E-state index is 0.0267. The van der Waals surface area contributed by atoms with Crippen LogP contribution in [0.3, 0.4) is 0 Å². The number of alkyl halides is 3. The molecular formula is C16H15ClF3N3O4S2. The first kappa shape index (κ1) is 23.1. The third kappa shape index (κ3) is 6.70. The van der Waals surface area contributed by atoms with Crippen LogP contribution in [0.25, 0.3) is 0 Å². The molecule has 2 N–H and O–H groups in total. The van der Waals surface area contributed by atoms with E-state index >= 15 is 0 Å². The number of likely N-dealkylation sites (N-methyl/N-ethyl adjacent to an activating group) is 1. The SMILES string of the molecule is CN(CC(=O)Nc1cccc(C(=O)NCC(F)(F)F)c1)S(=O)(=O)c1ccc(Cl)s1. The fraction of sp³-hybridized carbons (Fsp3) is 0.250. The smallest absolute Gasteiger partial charge is 0.343 e. The normalized spacial score (nSPS) is 12.1. The molecule has 0 aliphatic carbocycles. The molecule has 1 aromatic carbocycles. The lowest BCUT2D eigenvalue weighted by Gasteiger charge is -2.16. The summed E-state index contributed by atoms with van der Waals surface area (Å²) < 4.78 is 62.4. The van der Waals surface area contributed by atoms with Crippen molar-refractivity contribution in [1.82, 2.24) is 9.62 Å². The summed E-state index contributed by atoms with van der Waals surface area (Å²) in [5, 5.41) is 4.12. The number of carbonyl (C=O) groups excluding carboxylic acids is 2. The molecule has 0 bridgehead atoms. The predicted molar refractivity (Wildman–Crippen MR) is 103 cm³/mol. The number of thiophene rings is 1. The molecule has 0 saturated carbocycles. The van der Waals surface area contributed by atoms with Gasteiger partial charge in [0.1, 0.15) is 10.8 Å². The second-order valence-electron chi connectivity index (χ2n) is 5.75. The lowest BCUT2D eigenvalue weighted by molar-refractivity contribution is -0.123. The molecule has 158 valence electrons. The van der Waals surface area contributed by atoms with Crippen LogP contribution in [-0.2, 0) is 14.8 Å². The molecule has 0 aliphatic rings. The second-order valence-corrected chi connectivity index (χ2v) is 9.73. The van der Waals surface area contributed by atoms with E-state index in [0.717, 1.165) is 15.6 Å². The third-order valence-electron chi connectivity index (χ3n) is 3.44. The maximum Gasteiger partial charge on any atom is 0.405 e. The Kier molecular flexibility index (Phi) is 7.27. The third-order valence-corrected chi connectivity index (χ3v) is 6.94. The summed E-state index contributed by atoms with van der Waals surface area (Å²) >= 11 is 6.58. The van der Waals surface area contributed by atoms with E-state index < -0.39 is 41.1 Å². The average molecular weight is 470 g/mol. The molecular weight excluding hydrogens is 455 g/mol. The monoisotopic (exact) mass is 469 g/mol. The van der Waals surface area contributed by atoms with Gasteiger partial charge in [-0.1, -0.05) is 17.7 Å². The molecule has 1 aromatic heterocycles. The van der Waals surface area contributed by atoms with E-state index in [2.05, 4.69) is 5.32 Å². The molecule has 0 atom stereocenters. The zero-order chi connectivity index (χ0) is 21.8. The Morgan fingerprint density at radius 2 is 1.90 bits per heavy atom. The Bertz CT molecular complexity index is 1010. The van der Waals surface area contributed by atoms with Crippen molar-refractivity contribution in [2.24, 2.45) is 0 Å². The number of amides is 2. The Hall–Kier alpha value is -2.15. The van der Waals surface area contributed by atoms with Crippen LogP contribution in [0.4, 0.5) is 18.9 Å². The highest BCUT2D eigenvalue weighted by atomic mass is 35.5. The van der Waals surface area contributed by atoms with E-state index in [4.69, 9.17) is 11.6 Å². The van der Waals surface area contributed by atoms with Crippen LogP contribution in [-0.4, -0.2) is 50.9 Å². The first-order valence-electron chi connectivity index (χ1n) is 7.85. The van der Waals surface area contributed by atoms with Gasteiger partial charge < -0.3 is 10.6 Å². The quantitative estimate of drug-likeness (QED) is 0.651. The highest BCUT2D eigenvalue weighted by molar-refractivity contribution is 7.91. The molecule has 2 aromatic rings. The molecule has 13 heteroatoms. The Balaban J connectivity index is 2.01. The topological polar surface area (TPSA) is 95.6 Å². The highest BCUT2D eigenvalue weighted by Crippen LogP contribution is 2.27. The summed E-state index contributed by atoms with van der Waals surface area (Å²) in [7, 11) is -2.70. The molecule has 0 saturated heterocycles. The molecule has 7 nitrogen and oxygen atoms in total. The van der Waals surface area contributed by atoms with Crippen LogP contribution in [0.15, 0.2) is 40.6 Å². The highest BCUT2D eigenvalue weighted by Gasteiger charge is 2.28. The van der Waals surface area contributed by atoms with Crippen molar-refractivity contribution in [2.75, 3.05) is 25.5 Å². The van der Waals surface area contributed by atoms with Crippen LogP contribution < -0.4 is 10.6 Å². The van der Waals surface area contributed by atoms with E-state index in [9.17, 15) is 31.2 Å². The van der Waals surface area contributed by atoms with Gasteiger partial charge in [-0.25, -0.2) is 8.42 Å². The molecule has 0 unspecified atom stereocenters. The van der Waals surface area contributed by atoms with Gasteiger partial charge >= 0.3 is 6.18 Å². The number of anilines is 1. The van der Waals surface area contributed by atoms with Crippen LogP contribution in [0.2, 0.25) is 4.34 Å². The number of nitrogens with one attached hydrogen (secondary N) is 2. The summed E-state index contributed by atoms with van der Waals surface area (Å²) in [6.07, 6.45) is -4.55. The summed E-state index contributed by atoms with van der Waals surface area (Å²) in [5.74, 6) is -1.67. The number of sulfonamides is 1. The maximum atomic E-state index is 12.4. The summed E-state index contributed by atoms with van der Waals surface area (Å²) in [6, 6.07) is 7.97. The minimum atomic E-state index is -4.55. The standard InChI is InChI=1S/C16H15ClF3N3O4S2/c1-23(29(26,27)14-6-5-12(17)28-14)8-13(24)22-11-4-2-3-10(7-11)15(25)21-9-16(18,19)20/h2-7H,8-9H2,1H3,(H,21,25)(H,22,24). The molecule has 0 spiro atoms. The second kappa shape index (κ2) is 9.11. The van der Waals surface area contributed by atoms with Crippen LogP contribution in [0.1, 0.15) is 10.4 Å². The van der Waals surface area contributed by atoms with Gasteiger partial charge in [-0.3, -0.25) is 9.59 Å². The Labute approximate surface area is 173 Å². The predicted octanol–water partition coefficient (Wildman–Crippen LogP) is 2.95. The number of nitrogens with zero attached hydrogens (tertiary/aromatic N) is 1. The van der Waals surface area contributed by atoms with E-state index in [0.29, 0.717) is 0 Å². The number of hydrogen-bond donors (Lipinski definition) is 2.